The standard InChI is InChI=1S/C21H24N4O3S2/c1-13-24-15(12-29-13)10-17(26)25-8-5-14(11-25)18-16-4-3-6-23-21(16)30-19(18)20(27)22-7-9-28-2/h3-4,6,12,14H,5,7-11H2,1-2H3,(H,22,27). The van der Waals surface area contributed by atoms with Crippen LogP contribution >= 0.6 is 22.7 Å². The highest BCUT2D eigenvalue weighted by molar-refractivity contribution is 7.20. The van der Waals surface area contributed by atoms with Crippen molar-refractivity contribution < 1.29 is 14.3 Å². The topological polar surface area (TPSA) is 84.4 Å². The minimum Gasteiger partial charge on any atom is -0.383 e. The zero-order chi connectivity index (χ0) is 21.1. The smallest absolute Gasteiger partial charge is 0.261 e. The van der Waals surface area contributed by atoms with Crippen LogP contribution in [0, 0.1) is 6.92 Å². The van der Waals surface area contributed by atoms with Gasteiger partial charge in [0.05, 0.1) is 28.6 Å². The van der Waals surface area contributed by atoms with Crippen LogP contribution in [0.15, 0.2) is 23.7 Å². The molecule has 1 aliphatic rings. The number of thiazole rings is 1. The molecule has 1 fully saturated rings. The molecule has 1 atom stereocenters. The third-order valence-electron chi connectivity index (χ3n) is 5.25. The Labute approximate surface area is 183 Å². The molecule has 3 aromatic heterocycles. The highest BCUT2D eigenvalue weighted by Crippen LogP contribution is 2.39. The number of rotatable bonds is 7. The minimum absolute atomic E-state index is 0.0894. The number of methoxy groups -OCH3 is 1. The van der Waals surface area contributed by atoms with Gasteiger partial charge >= 0.3 is 0 Å². The number of hydrogen-bond donors (Lipinski definition) is 1. The van der Waals surface area contributed by atoms with Crippen LogP contribution in [-0.4, -0.2) is 60.0 Å². The molecule has 0 bridgehead atoms. The number of amides is 2. The fraction of sp³-hybridized carbons (Fsp3) is 0.429. The summed E-state index contributed by atoms with van der Waals surface area (Å²) in [6.07, 6.45) is 2.91. The number of hydrogen-bond acceptors (Lipinski definition) is 7. The van der Waals surface area contributed by atoms with E-state index in [1.54, 1.807) is 24.6 Å². The van der Waals surface area contributed by atoms with Gasteiger partial charge in [-0.3, -0.25) is 9.59 Å². The van der Waals surface area contributed by atoms with Gasteiger partial charge < -0.3 is 15.0 Å². The van der Waals surface area contributed by atoms with Crippen molar-refractivity contribution in [3.05, 3.63) is 44.9 Å². The molecule has 1 aliphatic heterocycles. The second-order valence-electron chi connectivity index (χ2n) is 7.31. The summed E-state index contributed by atoms with van der Waals surface area (Å²) in [5, 5.41) is 6.85. The number of pyridine rings is 1. The van der Waals surface area contributed by atoms with E-state index in [1.165, 1.54) is 11.3 Å². The Balaban J connectivity index is 1.54. The normalized spacial score (nSPS) is 16.3. The van der Waals surface area contributed by atoms with E-state index in [4.69, 9.17) is 4.74 Å². The molecule has 0 radical (unpaired) electrons. The zero-order valence-corrected chi connectivity index (χ0v) is 18.6. The molecule has 0 spiro atoms. The maximum atomic E-state index is 12.9. The van der Waals surface area contributed by atoms with E-state index in [0.29, 0.717) is 37.5 Å². The number of aryl methyl sites for hydroxylation is 1. The van der Waals surface area contributed by atoms with Gasteiger partial charge in [-0.25, -0.2) is 9.97 Å². The molecular formula is C21H24N4O3S2. The van der Waals surface area contributed by atoms with E-state index < -0.39 is 0 Å². The van der Waals surface area contributed by atoms with Crippen molar-refractivity contribution in [3.63, 3.8) is 0 Å². The van der Waals surface area contributed by atoms with Crippen LogP contribution in [0.4, 0.5) is 0 Å². The van der Waals surface area contributed by atoms with Gasteiger partial charge in [0.2, 0.25) is 5.91 Å². The molecule has 0 aromatic carbocycles. The summed E-state index contributed by atoms with van der Waals surface area (Å²) in [5.41, 5.74) is 1.84. The van der Waals surface area contributed by atoms with Gasteiger partial charge in [-0.1, -0.05) is 6.07 Å². The Hall–Kier alpha value is -2.36. The molecule has 1 N–H and O–H groups in total. The molecule has 0 aliphatic carbocycles. The van der Waals surface area contributed by atoms with Gasteiger partial charge in [0.15, 0.2) is 0 Å². The summed E-state index contributed by atoms with van der Waals surface area (Å²) in [7, 11) is 1.61. The zero-order valence-electron chi connectivity index (χ0n) is 17.0. The molecule has 7 nitrogen and oxygen atoms in total. The second-order valence-corrected chi connectivity index (χ2v) is 9.37. The molecule has 158 valence electrons. The van der Waals surface area contributed by atoms with Crippen LogP contribution in [0.25, 0.3) is 10.2 Å². The number of nitrogens with zero attached hydrogens (tertiary/aromatic N) is 3. The van der Waals surface area contributed by atoms with Crippen molar-refractivity contribution in [2.45, 2.75) is 25.7 Å². The van der Waals surface area contributed by atoms with E-state index in [0.717, 1.165) is 32.9 Å². The van der Waals surface area contributed by atoms with E-state index in [9.17, 15) is 9.59 Å². The Morgan fingerprint density at radius 3 is 3.03 bits per heavy atom. The number of thiophene rings is 1. The second kappa shape index (κ2) is 9.20. The highest BCUT2D eigenvalue weighted by Gasteiger charge is 2.33. The summed E-state index contributed by atoms with van der Waals surface area (Å²) < 4.78 is 5.04. The van der Waals surface area contributed by atoms with Crippen molar-refractivity contribution in [1.29, 1.82) is 0 Å². The average molecular weight is 445 g/mol. The number of ether oxygens (including phenoxy) is 1. The summed E-state index contributed by atoms with van der Waals surface area (Å²) in [4.78, 5) is 37.9. The summed E-state index contributed by atoms with van der Waals surface area (Å²) in [5.74, 6) is 0.103. The van der Waals surface area contributed by atoms with Crippen LogP contribution in [-0.2, 0) is 16.0 Å². The molecule has 3 aromatic rings. The fourth-order valence-corrected chi connectivity index (χ4v) is 5.61. The van der Waals surface area contributed by atoms with Gasteiger partial charge in [-0.15, -0.1) is 22.7 Å². The van der Waals surface area contributed by atoms with Gasteiger partial charge in [-0.2, -0.15) is 0 Å². The lowest BCUT2D eigenvalue weighted by Gasteiger charge is -2.17. The number of fused-ring (bicyclic) bond motifs is 1. The molecule has 9 heteroatoms. The van der Waals surface area contributed by atoms with Gasteiger partial charge in [-0.05, 0) is 25.0 Å². The van der Waals surface area contributed by atoms with Crippen molar-refractivity contribution in [2.24, 2.45) is 0 Å². The first-order valence-corrected chi connectivity index (χ1v) is 11.6. The van der Waals surface area contributed by atoms with Crippen molar-refractivity contribution in [2.75, 3.05) is 33.4 Å². The fourth-order valence-electron chi connectivity index (χ4n) is 3.85. The lowest BCUT2D eigenvalue weighted by atomic mass is 9.95. The summed E-state index contributed by atoms with van der Waals surface area (Å²) in [6.45, 7) is 4.17. The molecule has 0 saturated carbocycles. The van der Waals surface area contributed by atoms with Crippen LogP contribution in [0.5, 0.6) is 0 Å². The largest absolute Gasteiger partial charge is 0.383 e. The van der Waals surface area contributed by atoms with Crippen molar-refractivity contribution >= 4 is 44.7 Å². The van der Waals surface area contributed by atoms with Crippen molar-refractivity contribution in [1.82, 2.24) is 20.2 Å². The molecule has 4 heterocycles. The lowest BCUT2D eigenvalue weighted by Crippen LogP contribution is -2.30. The quantitative estimate of drug-likeness (QED) is 0.567. The number of likely N-dealkylation sites (tertiary alicyclic amines) is 1. The predicted molar refractivity (Wildman–Crippen MR) is 118 cm³/mol. The molecule has 2 amide bonds. The van der Waals surface area contributed by atoms with Gasteiger partial charge in [0.1, 0.15) is 4.83 Å². The molecular weight excluding hydrogens is 420 g/mol. The van der Waals surface area contributed by atoms with Crippen LogP contribution in [0.3, 0.4) is 0 Å². The molecule has 4 rings (SSSR count). The first kappa shape index (κ1) is 20.9. The van der Waals surface area contributed by atoms with E-state index in [1.807, 2.05) is 29.3 Å². The Morgan fingerprint density at radius 1 is 1.40 bits per heavy atom. The van der Waals surface area contributed by atoms with E-state index in [-0.39, 0.29) is 17.7 Å². The first-order valence-electron chi connectivity index (χ1n) is 9.90. The number of nitrogens with one attached hydrogen (secondary N) is 1. The average Bonchev–Trinajstić information content (AvgIpc) is 3.45. The molecule has 1 saturated heterocycles. The van der Waals surface area contributed by atoms with Crippen LogP contribution < -0.4 is 5.32 Å². The summed E-state index contributed by atoms with van der Waals surface area (Å²) >= 11 is 2.98. The van der Waals surface area contributed by atoms with Crippen LogP contribution in [0.2, 0.25) is 0 Å². The summed E-state index contributed by atoms with van der Waals surface area (Å²) in [6, 6.07) is 3.91. The van der Waals surface area contributed by atoms with Crippen molar-refractivity contribution in [3.8, 4) is 0 Å². The Morgan fingerprint density at radius 2 is 2.27 bits per heavy atom. The minimum atomic E-state index is -0.104. The van der Waals surface area contributed by atoms with Crippen LogP contribution in [0.1, 0.15) is 38.3 Å². The van der Waals surface area contributed by atoms with Gasteiger partial charge in [0.25, 0.3) is 5.91 Å². The van der Waals surface area contributed by atoms with E-state index in [2.05, 4.69) is 15.3 Å². The highest BCUT2D eigenvalue weighted by atomic mass is 32.1. The monoisotopic (exact) mass is 444 g/mol. The number of carbonyl (C=O) groups is 2. The number of carbonyl (C=O) groups excluding carboxylic acids is 2. The predicted octanol–water partition coefficient (Wildman–Crippen LogP) is 3.00. The molecule has 30 heavy (non-hydrogen) atoms. The number of aromatic nitrogens is 2. The van der Waals surface area contributed by atoms with E-state index >= 15 is 0 Å². The SMILES string of the molecule is COCCNC(=O)c1sc2ncccc2c1C1CCN(C(=O)Cc2csc(C)n2)C1. The lowest BCUT2D eigenvalue weighted by molar-refractivity contribution is -0.129. The molecule has 1 unspecified atom stereocenters. The third-order valence-corrected chi connectivity index (χ3v) is 7.20. The van der Waals surface area contributed by atoms with Gasteiger partial charge in [0, 0.05) is 49.6 Å². The first-order chi connectivity index (χ1) is 14.6. The maximum absolute atomic E-state index is 12.9. The Kier molecular flexibility index (Phi) is 6.40. The third kappa shape index (κ3) is 4.38. The maximum Gasteiger partial charge on any atom is 0.261 e. The Bertz CT molecular complexity index is 1060.